The van der Waals surface area contributed by atoms with Crippen molar-refractivity contribution >= 4 is 11.8 Å². The first kappa shape index (κ1) is 27.2. The number of rotatable bonds is 11. The summed E-state index contributed by atoms with van der Waals surface area (Å²) in [6.45, 7) is 12.5. The van der Waals surface area contributed by atoms with Crippen molar-refractivity contribution in [1.29, 1.82) is 0 Å². The number of amides is 2. The van der Waals surface area contributed by atoms with Crippen molar-refractivity contribution in [3.8, 4) is 11.5 Å². The Morgan fingerprint density at radius 3 is 2.03 bits per heavy atom. The molecule has 2 atom stereocenters. The first-order chi connectivity index (χ1) is 16.1. The summed E-state index contributed by atoms with van der Waals surface area (Å²) in [5.41, 5.74) is 2.15. The Morgan fingerprint density at radius 2 is 1.53 bits per heavy atom. The Bertz CT molecular complexity index is 917. The van der Waals surface area contributed by atoms with Gasteiger partial charge in [-0.05, 0) is 60.6 Å². The number of ether oxygens (including phenoxy) is 2. The zero-order chi connectivity index (χ0) is 25.3. The van der Waals surface area contributed by atoms with Gasteiger partial charge in [-0.2, -0.15) is 0 Å². The highest BCUT2D eigenvalue weighted by molar-refractivity contribution is 5.88. The third-order valence-electron chi connectivity index (χ3n) is 5.98. The second-order valence-electron chi connectivity index (χ2n) is 9.67. The van der Waals surface area contributed by atoms with Crippen LogP contribution in [0.15, 0.2) is 48.5 Å². The Labute approximate surface area is 204 Å². The van der Waals surface area contributed by atoms with Gasteiger partial charge in [0.15, 0.2) is 6.61 Å². The largest absolute Gasteiger partial charge is 0.497 e. The second kappa shape index (κ2) is 12.4. The molecule has 0 aliphatic rings. The van der Waals surface area contributed by atoms with Crippen molar-refractivity contribution in [2.45, 2.75) is 78.4 Å². The van der Waals surface area contributed by atoms with Crippen LogP contribution in [0, 0.1) is 0 Å². The molecule has 0 fully saturated rings. The molecule has 186 valence electrons. The predicted octanol–water partition coefficient (Wildman–Crippen LogP) is 5.09. The second-order valence-corrected chi connectivity index (χ2v) is 9.67. The average Bonchev–Trinajstić information content (AvgIpc) is 2.82. The van der Waals surface area contributed by atoms with Crippen LogP contribution in [0.5, 0.6) is 11.5 Å². The molecular formula is C28H40N2O4. The molecule has 0 bridgehead atoms. The lowest BCUT2D eigenvalue weighted by Gasteiger charge is -2.31. The number of carbonyl (C=O) groups excluding carboxylic acids is 2. The van der Waals surface area contributed by atoms with E-state index in [1.54, 1.807) is 12.0 Å². The molecule has 0 radical (unpaired) electrons. The fraction of sp³-hybridized carbons (Fsp3) is 0.500. The molecule has 0 unspecified atom stereocenters. The lowest BCUT2D eigenvalue weighted by molar-refractivity contribution is -0.143. The van der Waals surface area contributed by atoms with E-state index in [1.165, 1.54) is 5.56 Å². The monoisotopic (exact) mass is 468 g/mol. The zero-order valence-corrected chi connectivity index (χ0v) is 21.7. The van der Waals surface area contributed by atoms with E-state index < -0.39 is 6.04 Å². The van der Waals surface area contributed by atoms with Gasteiger partial charge in [0.1, 0.15) is 17.5 Å². The van der Waals surface area contributed by atoms with Crippen LogP contribution in [0.3, 0.4) is 0 Å². The van der Waals surface area contributed by atoms with E-state index in [9.17, 15) is 9.59 Å². The molecule has 6 heteroatoms. The highest BCUT2D eigenvalue weighted by atomic mass is 16.5. The summed E-state index contributed by atoms with van der Waals surface area (Å²) in [6.07, 6.45) is 1.33. The van der Waals surface area contributed by atoms with Crippen LogP contribution in [-0.2, 0) is 21.5 Å². The van der Waals surface area contributed by atoms with Gasteiger partial charge in [-0.15, -0.1) is 0 Å². The SMILES string of the molecule is CC[C@@H](C)NC(=O)[C@@H](CC)N(Cc1ccc(OC)cc1)C(=O)COc1ccc(C(C)(C)C)cc1. The maximum Gasteiger partial charge on any atom is 0.261 e. The van der Waals surface area contributed by atoms with Gasteiger partial charge >= 0.3 is 0 Å². The van der Waals surface area contributed by atoms with Crippen molar-refractivity contribution in [2.75, 3.05) is 13.7 Å². The van der Waals surface area contributed by atoms with E-state index >= 15 is 0 Å². The van der Waals surface area contributed by atoms with Crippen LogP contribution in [0.25, 0.3) is 0 Å². The smallest absolute Gasteiger partial charge is 0.261 e. The van der Waals surface area contributed by atoms with Crippen molar-refractivity contribution in [3.05, 3.63) is 59.7 Å². The van der Waals surface area contributed by atoms with E-state index in [-0.39, 0.29) is 29.9 Å². The minimum absolute atomic E-state index is 0.0390. The van der Waals surface area contributed by atoms with Crippen LogP contribution in [0.1, 0.15) is 65.5 Å². The van der Waals surface area contributed by atoms with E-state index in [1.807, 2.05) is 69.3 Å². The highest BCUT2D eigenvalue weighted by Gasteiger charge is 2.29. The molecule has 0 heterocycles. The fourth-order valence-corrected chi connectivity index (χ4v) is 3.57. The summed E-state index contributed by atoms with van der Waals surface area (Å²) in [5.74, 6) is 0.989. The molecule has 0 aliphatic carbocycles. The first-order valence-corrected chi connectivity index (χ1v) is 12.0. The summed E-state index contributed by atoms with van der Waals surface area (Å²) in [5, 5.41) is 3.02. The summed E-state index contributed by atoms with van der Waals surface area (Å²) in [4.78, 5) is 28.0. The maximum absolute atomic E-state index is 13.3. The molecule has 2 aromatic carbocycles. The fourth-order valence-electron chi connectivity index (χ4n) is 3.57. The summed E-state index contributed by atoms with van der Waals surface area (Å²) in [7, 11) is 1.61. The third-order valence-corrected chi connectivity index (χ3v) is 5.98. The van der Waals surface area contributed by atoms with Crippen LogP contribution >= 0.6 is 0 Å². The first-order valence-electron chi connectivity index (χ1n) is 12.0. The van der Waals surface area contributed by atoms with Gasteiger partial charge in [-0.1, -0.05) is 58.9 Å². The van der Waals surface area contributed by atoms with Gasteiger partial charge in [0, 0.05) is 12.6 Å². The number of nitrogens with zero attached hydrogens (tertiary/aromatic N) is 1. The normalized spacial score (nSPS) is 13.0. The number of benzene rings is 2. The molecule has 34 heavy (non-hydrogen) atoms. The zero-order valence-electron chi connectivity index (χ0n) is 21.7. The Hall–Kier alpha value is -3.02. The molecule has 6 nitrogen and oxygen atoms in total. The predicted molar refractivity (Wildman–Crippen MR) is 136 cm³/mol. The van der Waals surface area contributed by atoms with Crippen LogP contribution in [-0.4, -0.2) is 42.5 Å². The van der Waals surface area contributed by atoms with Crippen LogP contribution in [0.4, 0.5) is 0 Å². The number of methoxy groups -OCH3 is 1. The number of hydrogen-bond donors (Lipinski definition) is 1. The molecule has 0 saturated heterocycles. The Kier molecular flexibility index (Phi) is 9.97. The van der Waals surface area contributed by atoms with Gasteiger partial charge < -0.3 is 19.7 Å². The molecule has 1 N–H and O–H groups in total. The minimum atomic E-state index is -0.588. The van der Waals surface area contributed by atoms with Crippen molar-refractivity contribution in [3.63, 3.8) is 0 Å². The Morgan fingerprint density at radius 1 is 0.941 bits per heavy atom. The van der Waals surface area contributed by atoms with Crippen molar-refractivity contribution in [2.24, 2.45) is 0 Å². The lowest BCUT2D eigenvalue weighted by Crippen LogP contribution is -2.51. The van der Waals surface area contributed by atoms with Gasteiger partial charge in [0.25, 0.3) is 5.91 Å². The summed E-state index contributed by atoms with van der Waals surface area (Å²) >= 11 is 0. The molecular weight excluding hydrogens is 428 g/mol. The van der Waals surface area contributed by atoms with Gasteiger partial charge in [-0.25, -0.2) is 0 Å². The number of carbonyl (C=O) groups is 2. The van der Waals surface area contributed by atoms with Crippen molar-refractivity contribution < 1.29 is 19.1 Å². The Balaban J connectivity index is 2.20. The van der Waals surface area contributed by atoms with E-state index in [2.05, 4.69) is 26.1 Å². The molecule has 0 aromatic heterocycles. The van der Waals surface area contributed by atoms with Gasteiger partial charge in [0.05, 0.1) is 7.11 Å². The summed E-state index contributed by atoms with van der Waals surface area (Å²) < 4.78 is 11.1. The highest BCUT2D eigenvalue weighted by Crippen LogP contribution is 2.24. The number of nitrogens with one attached hydrogen (secondary N) is 1. The molecule has 0 spiro atoms. The minimum Gasteiger partial charge on any atom is -0.497 e. The molecule has 0 aliphatic heterocycles. The number of hydrogen-bond acceptors (Lipinski definition) is 4. The quantitative estimate of drug-likeness (QED) is 0.499. The van der Waals surface area contributed by atoms with Gasteiger partial charge in [0.2, 0.25) is 5.91 Å². The average molecular weight is 469 g/mol. The van der Waals surface area contributed by atoms with E-state index in [4.69, 9.17) is 9.47 Å². The van der Waals surface area contributed by atoms with E-state index in [0.717, 1.165) is 17.7 Å². The molecule has 2 amide bonds. The maximum atomic E-state index is 13.3. The van der Waals surface area contributed by atoms with Crippen LogP contribution in [0.2, 0.25) is 0 Å². The third kappa shape index (κ3) is 7.79. The lowest BCUT2D eigenvalue weighted by atomic mass is 9.87. The van der Waals surface area contributed by atoms with Crippen molar-refractivity contribution in [1.82, 2.24) is 10.2 Å². The molecule has 0 saturated carbocycles. The standard InChI is InChI=1S/C28H40N2O4/c1-8-20(3)29-27(32)25(9-2)30(18-21-10-14-23(33-7)15-11-21)26(31)19-34-24-16-12-22(13-17-24)28(4,5)6/h10-17,20,25H,8-9,18-19H2,1-7H3,(H,29,32)/t20-,25-/m1/s1. The molecule has 2 rings (SSSR count). The van der Waals surface area contributed by atoms with Gasteiger partial charge in [-0.3, -0.25) is 9.59 Å². The molecule has 2 aromatic rings. The van der Waals surface area contributed by atoms with E-state index in [0.29, 0.717) is 18.7 Å². The summed E-state index contributed by atoms with van der Waals surface area (Å²) in [6, 6.07) is 14.8. The topological polar surface area (TPSA) is 67.9 Å². The van der Waals surface area contributed by atoms with Crippen LogP contribution < -0.4 is 14.8 Å².